The number of rotatable bonds is 3. The molecule has 0 aromatic carbocycles. The number of aromatic nitrogens is 1. The third-order valence-electron chi connectivity index (χ3n) is 3.86. The summed E-state index contributed by atoms with van der Waals surface area (Å²) in [5.41, 5.74) is 0. The second-order valence-corrected chi connectivity index (χ2v) is 5.10. The maximum absolute atomic E-state index is 11.9. The molecule has 1 aromatic rings. The number of alkyl carbamates (subject to hydrolysis) is 1. The number of imide groups is 1. The molecule has 0 bridgehead atoms. The Balaban J connectivity index is 1.86. The maximum Gasteiger partial charge on any atom is 0.413 e. The highest BCUT2D eigenvalue weighted by Crippen LogP contribution is 2.04. The highest BCUT2D eigenvalue weighted by atomic mass is 16.5. The average Bonchev–Trinajstić information content (AvgIpc) is 2.55. The molecule has 7 heteroatoms. The van der Waals surface area contributed by atoms with Crippen molar-refractivity contribution in [3.8, 4) is 0 Å². The first-order chi connectivity index (χ1) is 10.1. The van der Waals surface area contributed by atoms with Crippen LogP contribution in [0.5, 0.6) is 0 Å². The van der Waals surface area contributed by atoms with Gasteiger partial charge in [0.1, 0.15) is 26.2 Å². The number of hydrogen-bond donors (Lipinski definition) is 2. The summed E-state index contributed by atoms with van der Waals surface area (Å²) in [5, 5.41) is 2.23. The number of anilines is 1. The lowest BCUT2D eigenvalue weighted by Gasteiger charge is -2.31. The fraction of sp³-hybridized carbons (Fsp3) is 0.500. The lowest BCUT2D eigenvalue weighted by molar-refractivity contribution is -0.914. The second-order valence-electron chi connectivity index (χ2n) is 5.10. The van der Waals surface area contributed by atoms with Crippen molar-refractivity contribution in [2.24, 2.45) is 0 Å². The number of carbonyl (C=O) groups excluding carboxylic acids is 2. The third-order valence-corrected chi connectivity index (χ3v) is 3.86. The smallest absolute Gasteiger partial charge is 0.413 e. The summed E-state index contributed by atoms with van der Waals surface area (Å²) in [6.07, 6.45) is 1.20. The van der Waals surface area contributed by atoms with Crippen molar-refractivity contribution in [2.75, 3.05) is 38.2 Å². The predicted octanol–water partition coefficient (Wildman–Crippen LogP) is -1.52. The number of pyridine rings is 1. The van der Waals surface area contributed by atoms with E-state index in [1.54, 1.807) is 0 Å². The van der Waals surface area contributed by atoms with E-state index in [0.29, 0.717) is 0 Å². The van der Waals surface area contributed by atoms with Gasteiger partial charge in [0.25, 0.3) is 11.7 Å². The Kier molecular flexibility index (Phi) is 5.10. The number of nitrogens with zero attached hydrogens (tertiary/aromatic N) is 1. The lowest BCUT2D eigenvalue weighted by Crippen LogP contribution is -3.19. The first kappa shape index (κ1) is 15.2. The molecular formula is C14H22N4O3+2. The Bertz CT molecular complexity index is 486. The SMILES string of the molecule is COC(=O)NC(=O)[C@H](C)[NH+]1CCN(c2cccc[nH+]2)CC1. The highest BCUT2D eigenvalue weighted by Gasteiger charge is 2.32. The predicted molar refractivity (Wildman–Crippen MR) is 75.9 cm³/mol. The van der Waals surface area contributed by atoms with Crippen LogP contribution in [0, 0.1) is 0 Å². The molecule has 2 heterocycles. The van der Waals surface area contributed by atoms with Gasteiger partial charge >= 0.3 is 6.09 Å². The number of piperazine rings is 1. The quantitative estimate of drug-likeness (QED) is 0.709. The van der Waals surface area contributed by atoms with Crippen molar-refractivity contribution in [1.82, 2.24) is 5.32 Å². The van der Waals surface area contributed by atoms with E-state index in [4.69, 9.17) is 0 Å². The van der Waals surface area contributed by atoms with Crippen LogP contribution in [0.25, 0.3) is 0 Å². The number of ether oxygens (including phenoxy) is 1. The van der Waals surface area contributed by atoms with Gasteiger partial charge in [-0.3, -0.25) is 15.0 Å². The third kappa shape index (κ3) is 3.91. The van der Waals surface area contributed by atoms with Gasteiger partial charge in [-0.2, -0.15) is 0 Å². The van der Waals surface area contributed by atoms with Crippen molar-refractivity contribution in [1.29, 1.82) is 0 Å². The largest absolute Gasteiger partial charge is 0.453 e. The van der Waals surface area contributed by atoms with E-state index in [1.165, 1.54) is 12.0 Å². The van der Waals surface area contributed by atoms with E-state index in [0.717, 1.165) is 32.0 Å². The van der Waals surface area contributed by atoms with Gasteiger partial charge < -0.3 is 9.64 Å². The van der Waals surface area contributed by atoms with E-state index in [9.17, 15) is 9.59 Å². The fourth-order valence-corrected chi connectivity index (χ4v) is 2.49. The summed E-state index contributed by atoms with van der Waals surface area (Å²) in [6, 6.07) is 5.71. The Hall–Kier alpha value is -2.15. The van der Waals surface area contributed by atoms with Crippen LogP contribution in [0.3, 0.4) is 0 Å². The van der Waals surface area contributed by atoms with Crippen molar-refractivity contribution in [2.45, 2.75) is 13.0 Å². The zero-order valence-electron chi connectivity index (χ0n) is 12.4. The first-order valence-electron chi connectivity index (χ1n) is 7.07. The number of amides is 2. The second kappa shape index (κ2) is 7.03. The molecule has 1 aromatic heterocycles. The summed E-state index contributed by atoms with van der Waals surface area (Å²) in [4.78, 5) is 29.6. The van der Waals surface area contributed by atoms with Gasteiger partial charge in [0.15, 0.2) is 6.04 Å². The van der Waals surface area contributed by atoms with E-state index < -0.39 is 6.09 Å². The molecule has 7 nitrogen and oxygen atoms in total. The van der Waals surface area contributed by atoms with Crippen molar-refractivity contribution in [3.63, 3.8) is 0 Å². The molecule has 1 saturated heterocycles. The van der Waals surface area contributed by atoms with Crippen LogP contribution >= 0.6 is 0 Å². The lowest BCUT2D eigenvalue weighted by atomic mass is 10.2. The van der Waals surface area contributed by atoms with Gasteiger partial charge in [0, 0.05) is 6.07 Å². The minimum atomic E-state index is -0.705. The molecular weight excluding hydrogens is 272 g/mol. The summed E-state index contributed by atoms with van der Waals surface area (Å²) in [5.74, 6) is 0.791. The fourth-order valence-electron chi connectivity index (χ4n) is 2.49. The molecule has 0 unspecified atom stereocenters. The van der Waals surface area contributed by atoms with Crippen LogP contribution in [0.2, 0.25) is 0 Å². The van der Waals surface area contributed by atoms with Crippen LogP contribution < -0.4 is 20.1 Å². The molecule has 3 N–H and O–H groups in total. The van der Waals surface area contributed by atoms with Gasteiger partial charge in [-0.05, 0) is 13.0 Å². The molecule has 1 atom stereocenters. The Labute approximate surface area is 123 Å². The van der Waals surface area contributed by atoms with Crippen LogP contribution in [0.4, 0.5) is 10.6 Å². The van der Waals surface area contributed by atoms with Crippen LogP contribution in [-0.4, -0.2) is 51.3 Å². The van der Waals surface area contributed by atoms with Gasteiger partial charge in [0.05, 0.1) is 13.3 Å². The number of nitrogens with one attached hydrogen (secondary N) is 3. The number of aromatic amines is 1. The van der Waals surface area contributed by atoms with E-state index in [1.807, 2.05) is 31.3 Å². The van der Waals surface area contributed by atoms with Crippen LogP contribution in [-0.2, 0) is 9.53 Å². The molecule has 1 aliphatic heterocycles. The molecule has 21 heavy (non-hydrogen) atoms. The minimum absolute atomic E-state index is 0.272. The summed E-state index contributed by atoms with van der Waals surface area (Å²) < 4.78 is 4.44. The van der Waals surface area contributed by atoms with E-state index >= 15 is 0 Å². The van der Waals surface area contributed by atoms with Crippen LogP contribution in [0.15, 0.2) is 24.4 Å². The molecule has 2 amide bonds. The molecule has 2 rings (SSSR count). The number of carbonyl (C=O) groups is 2. The molecule has 0 saturated carbocycles. The van der Waals surface area contributed by atoms with E-state index in [-0.39, 0.29) is 11.9 Å². The summed E-state index contributed by atoms with van der Waals surface area (Å²) in [6.45, 7) is 5.26. The van der Waals surface area contributed by atoms with Crippen molar-refractivity contribution >= 4 is 17.8 Å². The molecule has 0 spiro atoms. The zero-order valence-corrected chi connectivity index (χ0v) is 12.4. The molecule has 114 valence electrons. The topological polar surface area (TPSA) is 77.2 Å². The number of hydrogen-bond acceptors (Lipinski definition) is 4. The van der Waals surface area contributed by atoms with Gasteiger partial charge in [-0.1, -0.05) is 6.07 Å². The zero-order chi connectivity index (χ0) is 15.2. The van der Waals surface area contributed by atoms with Gasteiger partial charge in [0.2, 0.25) is 0 Å². The Morgan fingerprint density at radius 1 is 1.38 bits per heavy atom. The highest BCUT2D eigenvalue weighted by molar-refractivity contribution is 5.93. The van der Waals surface area contributed by atoms with Gasteiger partial charge in [-0.25, -0.2) is 9.78 Å². The van der Waals surface area contributed by atoms with Crippen LogP contribution in [0.1, 0.15) is 6.92 Å². The Morgan fingerprint density at radius 2 is 2.10 bits per heavy atom. The van der Waals surface area contributed by atoms with Gasteiger partial charge in [-0.15, -0.1) is 0 Å². The molecule has 0 radical (unpaired) electrons. The molecule has 1 fully saturated rings. The summed E-state index contributed by atoms with van der Waals surface area (Å²) >= 11 is 0. The normalized spacial score (nSPS) is 17.1. The van der Waals surface area contributed by atoms with Crippen molar-refractivity contribution in [3.05, 3.63) is 24.4 Å². The molecule has 0 aliphatic carbocycles. The number of methoxy groups -OCH3 is 1. The standard InChI is InChI=1S/C14H20N4O3/c1-11(13(19)16-14(20)21-2)17-7-9-18(10-8-17)12-5-3-4-6-15-12/h3-6,11H,7-10H2,1-2H3,(H,16,19,20)/p+2/t11-/m0/s1. The maximum atomic E-state index is 11.9. The average molecular weight is 294 g/mol. The minimum Gasteiger partial charge on any atom is -0.453 e. The van der Waals surface area contributed by atoms with Crippen molar-refractivity contribution < 1.29 is 24.2 Å². The monoisotopic (exact) mass is 294 g/mol. The summed E-state index contributed by atoms with van der Waals surface area (Å²) in [7, 11) is 1.25. The number of H-pyrrole nitrogens is 1. The first-order valence-corrected chi connectivity index (χ1v) is 7.07. The Morgan fingerprint density at radius 3 is 2.67 bits per heavy atom. The van der Waals surface area contributed by atoms with E-state index in [2.05, 4.69) is 19.9 Å². The number of quaternary nitrogens is 1. The molecule has 1 aliphatic rings.